The minimum Gasteiger partial charge on any atom is -0.478 e. The van der Waals surface area contributed by atoms with Crippen LogP contribution in [0.4, 0.5) is 5.69 Å². The maximum Gasteiger partial charge on any atom is 0.333 e. The number of carboxylic acids is 1. The summed E-state index contributed by atoms with van der Waals surface area (Å²) in [7, 11) is 0. The molecule has 1 aromatic rings. The third-order valence-electron chi connectivity index (χ3n) is 4.61. The number of fused-ring (bicyclic) bond motifs is 1. The topological polar surface area (TPSA) is 114 Å². The first-order chi connectivity index (χ1) is 11.3. The molecule has 0 spiro atoms. The predicted molar refractivity (Wildman–Crippen MR) is 85.4 cm³/mol. The molecule has 3 unspecified atom stereocenters. The number of benzene rings is 1. The minimum absolute atomic E-state index is 0.0897. The highest BCUT2D eigenvalue weighted by Gasteiger charge is 2.55. The second kappa shape index (κ2) is 5.33. The molecule has 8 heteroatoms. The first-order valence-corrected chi connectivity index (χ1v) is 7.44. The smallest absolute Gasteiger partial charge is 0.333 e. The number of hydrogen-bond donors (Lipinski definition) is 2. The number of carbonyl (C=O) groups is 1. The molecule has 0 saturated heterocycles. The molecule has 24 heavy (non-hydrogen) atoms. The van der Waals surface area contributed by atoms with E-state index in [1.165, 1.54) is 6.07 Å². The highest BCUT2D eigenvalue weighted by molar-refractivity contribution is 5.95. The molecule has 2 heterocycles. The Morgan fingerprint density at radius 1 is 1.42 bits per heavy atom. The average Bonchev–Trinajstić information content (AvgIpc) is 2.80. The van der Waals surface area contributed by atoms with E-state index in [-0.39, 0.29) is 11.3 Å². The van der Waals surface area contributed by atoms with Crippen molar-refractivity contribution < 1.29 is 19.7 Å². The van der Waals surface area contributed by atoms with Gasteiger partial charge in [0, 0.05) is 23.2 Å². The van der Waals surface area contributed by atoms with E-state index in [2.05, 4.69) is 10.5 Å². The Balaban J connectivity index is 2.28. The van der Waals surface area contributed by atoms with Crippen LogP contribution in [0, 0.1) is 16.0 Å². The summed E-state index contributed by atoms with van der Waals surface area (Å²) in [6, 6.07) is 6.20. The van der Waals surface area contributed by atoms with Gasteiger partial charge in [-0.15, -0.1) is 0 Å². The van der Waals surface area contributed by atoms with E-state index in [1.54, 1.807) is 39.0 Å². The van der Waals surface area contributed by atoms with Crippen molar-refractivity contribution in [3.8, 4) is 0 Å². The van der Waals surface area contributed by atoms with Gasteiger partial charge in [-0.1, -0.05) is 23.4 Å². The number of para-hydroxylation sites is 1. The molecular formula is C16H17N3O5. The summed E-state index contributed by atoms with van der Waals surface area (Å²) in [5.41, 5.74) is 0.386. The van der Waals surface area contributed by atoms with Crippen LogP contribution in [0.3, 0.4) is 0 Å². The van der Waals surface area contributed by atoms with Crippen molar-refractivity contribution in [2.75, 3.05) is 0 Å². The normalized spacial score (nSPS) is 28.5. The van der Waals surface area contributed by atoms with Gasteiger partial charge in [0.2, 0.25) is 5.72 Å². The molecule has 1 aromatic carbocycles. The molecule has 0 fully saturated rings. The van der Waals surface area contributed by atoms with E-state index in [1.807, 2.05) is 0 Å². The van der Waals surface area contributed by atoms with Crippen molar-refractivity contribution in [1.29, 1.82) is 0 Å². The summed E-state index contributed by atoms with van der Waals surface area (Å²) in [6.07, 6.45) is 0. The Morgan fingerprint density at radius 2 is 2.08 bits per heavy atom. The number of oxime groups is 1. The van der Waals surface area contributed by atoms with E-state index in [0.29, 0.717) is 17.0 Å². The monoisotopic (exact) mass is 331 g/mol. The number of carboxylic acid groups (broad SMARTS) is 1. The maximum atomic E-state index is 11.9. The summed E-state index contributed by atoms with van der Waals surface area (Å²) in [6.45, 7) is 5.13. The molecule has 3 rings (SSSR count). The van der Waals surface area contributed by atoms with Crippen LogP contribution in [0.1, 0.15) is 32.3 Å². The van der Waals surface area contributed by atoms with Gasteiger partial charge in [-0.2, -0.15) is 0 Å². The number of allylic oxidation sites excluding steroid dienone is 1. The Labute approximate surface area is 138 Å². The van der Waals surface area contributed by atoms with E-state index >= 15 is 0 Å². The zero-order valence-electron chi connectivity index (χ0n) is 13.4. The SMILES string of the molecule is CC1=NOC2(C)NC(C)=C(C(=O)O)C(c3ccccc3[N+](=O)[O-])C12. The number of aliphatic carboxylic acids is 1. The Hall–Kier alpha value is -2.90. The lowest BCUT2D eigenvalue weighted by molar-refractivity contribution is -0.385. The second-order valence-electron chi connectivity index (χ2n) is 6.17. The molecule has 0 bridgehead atoms. The van der Waals surface area contributed by atoms with Gasteiger partial charge in [-0.25, -0.2) is 4.79 Å². The van der Waals surface area contributed by atoms with Gasteiger partial charge < -0.3 is 15.3 Å². The van der Waals surface area contributed by atoms with Gasteiger partial charge >= 0.3 is 5.97 Å². The summed E-state index contributed by atoms with van der Waals surface area (Å²) >= 11 is 0. The molecule has 3 atom stereocenters. The number of nitro benzene ring substituents is 1. The van der Waals surface area contributed by atoms with Gasteiger partial charge in [-0.3, -0.25) is 10.1 Å². The quantitative estimate of drug-likeness (QED) is 0.649. The van der Waals surface area contributed by atoms with E-state index in [4.69, 9.17) is 4.84 Å². The van der Waals surface area contributed by atoms with E-state index in [0.717, 1.165) is 0 Å². The maximum absolute atomic E-state index is 11.9. The van der Waals surface area contributed by atoms with Crippen molar-refractivity contribution in [1.82, 2.24) is 5.32 Å². The highest BCUT2D eigenvalue weighted by atomic mass is 16.7. The Kier molecular flexibility index (Phi) is 3.55. The third-order valence-corrected chi connectivity index (χ3v) is 4.61. The molecule has 0 aliphatic carbocycles. The van der Waals surface area contributed by atoms with Crippen LogP contribution in [0.25, 0.3) is 0 Å². The summed E-state index contributed by atoms with van der Waals surface area (Å²) in [5.74, 6) is -2.32. The number of hydrogen-bond acceptors (Lipinski definition) is 6. The summed E-state index contributed by atoms with van der Waals surface area (Å²) in [5, 5.41) is 28.2. The molecule has 2 N–H and O–H groups in total. The fourth-order valence-electron chi connectivity index (χ4n) is 3.72. The first kappa shape index (κ1) is 16.0. The van der Waals surface area contributed by atoms with Gasteiger partial charge in [0.25, 0.3) is 5.69 Å². The number of rotatable bonds is 3. The van der Waals surface area contributed by atoms with Crippen LogP contribution in [0.2, 0.25) is 0 Å². The fraction of sp³-hybridized carbons (Fsp3) is 0.375. The van der Waals surface area contributed by atoms with Crippen molar-refractivity contribution in [3.63, 3.8) is 0 Å². The van der Waals surface area contributed by atoms with Crippen LogP contribution >= 0.6 is 0 Å². The van der Waals surface area contributed by atoms with Gasteiger partial charge in [-0.05, 0) is 20.8 Å². The number of nitrogens with zero attached hydrogens (tertiary/aromatic N) is 2. The van der Waals surface area contributed by atoms with Crippen molar-refractivity contribution in [2.24, 2.45) is 11.1 Å². The lowest BCUT2D eigenvalue weighted by Crippen LogP contribution is -2.55. The number of nitro groups is 1. The van der Waals surface area contributed by atoms with E-state index < -0.39 is 28.5 Å². The van der Waals surface area contributed by atoms with Crippen molar-refractivity contribution in [2.45, 2.75) is 32.4 Å². The zero-order valence-corrected chi connectivity index (χ0v) is 13.4. The standard InChI is InChI=1S/C16H17N3O5/c1-8-12(15(20)21)13(10-6-4-5-7-11(10)19(22)23)14-9(2)18-24-16(14,3)17-8/h4-7,13-14,17H,1-3H3,(H,20,21). The van der Waals surface area contributed by atoms with Gasteiger partial charge in [0.15, 0.2) is 0 Å². The predicted octanol–water partition coefficient (Wildman–Crippen LogP) is 2.38. The van der Waals surface area contributed by atoms with Crippen LogP contribution in [0.15, 0.2) is 40.7 Å². The van der Waals surface area contributed by atoms with Crippen LogP contribution in [-0.4, -0.2) is 27.4 Å². The molecule has 126 valence electrons. The molecule has 8 nitrogen and oxygen atoms in total. The van der Waals surface area contributed by atoms with E-state index in [9.17, 15) is 20.0 Å². The van der Waals surface area contributed by atoms with Crippen LogP contribution in [0.5, 0.6) is 0 Å². The van der Waals surface area contributed by atoms with Crippen molar-refractivity contribution >= 4 is 17.4 Å². The second-order valence-corrected chi connectivity index (χ2v) is 6.17. The molecule has 2 aliphatic rings. The number of nitrogens with one attached hydrogen (secondary N) is 1. The lowest BCUT2D eigenvalue weighted by Gasteiger charge is -2.41. The summed E-state index contributed by atoms with van der Waals surface area (Å²) in [4.78, 5) is 28.3. The zero-order chi connectivity index (χ0) is 17.6. The largest absolute Gasteiger partial charge is 0.478 e. The first-order valence-electron chi connectivity index (χ1n) is 7.44. The molecule has 0 saturated carbocycles. The molecular weight excluding hydrogens is 314 g/mol. The molecule has 2 aliphatic heterocycles. The summed E-state index contributed by atoms with van der Waals surface area (Å²) < 4.78 is 0. The van der Waals surface area contributed by atoms with Crippen LogP contribution in [-0.2, 0) is 9.63 Å². The molecule has 0 radical (unpaired) electrons. The van der Waals surface area contributed by atoms with Gasteiger partial charge in [0.1, 0.15) is 0 Å². The van der Waals surface area contributed by atoms with Crippen molar-refractivity contribution in [3.05, 3.63) is 51.2 Å². The average molecular weight is 331 g/mol. The minimum atomic E-state index is -1.12. The Bertz CT molecular complexity index is 801. The third kappa shape index (κ3) is 2.22. The van der Waals surface area contributed by atoms with Crippen LogP contribution < -0.4 is 5.32 Å². The highest BCUT2D eigenvalue weighted by Crippen LogP contribution is 2.49. The lowest BCUT2D eigenvalue weighted by atomic mass is 9.70. The van der Waals surface area contributed by atoms with Gasteiger partial charge in [0.05, 0.1) is 22.1 Å². The fourth-order valence-corrected chi connectivity index (χ4v) is 3.72. The molecule has 0 amide bonds. The molecule has 0 aromatic heterocycles. The Morgan fingerprint density at radius 3 is 2.71 bits per heavy atom.